The molecule has 0 unspecified atom stereocenters. The third-order valence-corrected chi connectivity index (χ3v) is 6.16. The summed E-state index contributed by atoms with van der Waals surface area (Å²) in [5, 5.41) is 8.09. The molecular formula is C31H25N3O2. The molecule has 0 spiro atoms. The standard InChI is InChI=1S/C31H25N3O2/c1-20-4-2-5-23-6-3-7-28(29(20)23)34-31(36)24-10-8-21(9-11-24)22-14-18-27(19-15-22)33-30(35)25-12-16-26(32)17-13-25/h2-19H,32H2,1H3,(H,33,35)(H,34,36). The van der Waals surface area contributed by atoms with Crippen molar-refractivity contribution in [1.82, 2.24) is 0 Å². The topological polar surface area (TPSA) is 84.2 Å². The maximum absolute atomic E-state index is 12.9. The smallest absolute Gasteiger partial charge is 0.255 e. The fraction of sp³-hybridized carbons (Fsp3) is 0.0323. The van der Waals surface area contributed by atoms with Crippen LogP contribution in [0.4, 0.5) is 17.1 Å². The van der Waals surface area contributed by atoms with Crippen molar-refractivity contribution in [2.75, 3.05) is 16.4 Å². The first-order valence-corrected chi connectivity index (χ1v) is 11.6. The number of nitrogens with one attached hydrogen (secondary N) is 2. The Morgan fingerprint density at radius 1 is 0.611 bits per heavy atom. The van der Waals surface area contributed by atoms with Gasteiger partial charge >= 0.3 is 0 Å². The Bertz CT molecular complexity index is 1550. The van der Waals surface area contributed by atoms with Crippen molar-refractivity contribution in [1.29, 1.82) is 0 Å². The first-order valence-electron chi connectivity index (χ1n) is 11.6. The summed E-state index contributed by atoms with van der Waals surface area (Å²) < 4.78 is 0. The average Bonchev–Trinajstić information content (AvgIpc) is 2.90. The van der Waals surface area contributed by atoms with Gasteiger partial charge in [-0.2, -0.15) is 0 Å². The molecule has 0 atom stereocenters. The Kier molecular flexibility index (Phi) is 6.20. The summed E-state index contributed by atoms with van der Waals surface area (Å²) >= 11 is 0. The quantitative estimate of drug-likeness (QED) is 0.244. The molecule has 5 rings (SSSR count). The highest BCUT2D eigenvalue weighted by Gasteiger charge is 2.11. The second-order valence-electron chi connectivity index (χ2n) is 8.66. The summed E-state index contributed by atoms with van der Waals surface area (Å²) in [5.41, 5.74) is 12.0. The van der Waals surface area contributed by atoms with Gasteiger partial charge in [0.15, 0.2) is 0 Å². The van der Waals surface area contributed by atoms with Gasteiger partial charge in [0, 0.05) is 33.6 Å². The minimum absolute atomic E-state index is 0.155. The molecule has 0 aliphatic rings. The zero-order valence-electron chi connectivity index (χ0n) is 19.8. The molecule has 5 aromatic carbocycles. The number of nitrogens with two attached hydrogens (primary N) is 1. The number of carbonyl (C=O) groups excluding carboxylic acids is 2. The lowest BCUT2D eigenvalue weighted by molar-refractivity contribution is 0.101. The van der Waals surface area contributed by atoms with Crippen molar-refractivity contribution >= 4 is 39.6 Å². The molecule has 176 valence electrons. The Morgan fingerprint density at radius 3 is 1.78 bits per heavy atom. The molecule has 0 aliphatic carbocycles. The van der Waals surface area contributed by atoms with Crippen molar-refractivity contribution < 1.29 is 9.59 Å². The molecule has 2 amide bonds. The van der Waals surface area contributed by atoms with Crippen LogP contribution >= 0.6 is 0 Å². The Balaban J connectivity index is 1.27. The molecule has 0 heterocycles. The summed E-state index contributed by atoms with van der Waals surface area (Å²) in [7, 11) is 0. The lowest BCUT2D eigenvalue weighted by atomic mass is 10.0. The minimum atomic E-state index is -0.195. The maximum Gasteiger partial charge on any atom is 0.255 e. The van der Waals surface area contributed by atoms with E-state index in [0.717, 1.165) is 33.2 Å². The number of amides is 2. The number of benzene rings is 5. The van der Waals surface area contributed by atoms with Crippen LogP contribution in [-0.4, -0.2) is 11.8 Å². The van der Waals surface area contributed by atoms with E-state index in [1.165, 1.54) is 0 Å². The lowest BCUT2D eigenvalue weighted by Gasteiger charge is -2.11. The van der Waals surface area contributed by atoms with Gasteiger partial charge in [-0.25, -0.2) is 0 Å². The minimum Gasteiger partial charge on any atom is -0.399 e. The van der Waals surface area contributed by atoms with E-state index in [-0.39, 0.29) is 11.8 Å². The summed E-state index contributed by atoms with van der Waals surface area (Å²) in [6, 6.07) is 33.9. The number of hydrogen-bond acceptors (Lipinski definition) is 3. The zero-order chi connectivity index (χ0) is 25.1. The molecule has 5 aromatic rings. The van der Waals surface area contributed by atoms with Crippen LogP contribution in [0.3, 0.4) is 0 Å². The van der Waals surface area contributed by atoms with Crippen LogP contribution in [0.5, 0.6) is 0 Å². The number of hydrogen-bond donors (Lipinski definition) is 3. The molecule has 4 N–H and O–H groups in total. The van der Waals surface area contributed by atoms with Crippen LogP contribution in [-0.2, 0) is 0 Å². The predicted octanol–water partition coefficient (Wildman–Crippen LogP) is 6.90. The van der Waals surface area contributed by atoms with E-state index in [9.17, 15) is 9.59 Å². The van der Waals surface area contributed by atoms with Crippen LogP contribution < -0.4 is 16.4 Å². The zero-order valence-corrected chi connectivity index (χ0v) is 19.8. The summed E-state index contributed by atoms with van der Waals surface area (Å²) in [4.78, 5) is 25.4. The first kappa shape index (κ1) is 22.9. The van der Waals surface area contributed by atoms with Crippen molar-refractivity contribution in [2.24, 2.45) is 0 Å². The number of rotatable bonds is 5. The number of fused-ring (bicyclic) bond motifs is 1. The summed E-state index contributed by atoms with van der Waals surface area (Å²) in [5.74, 6) is -0.350. The van der Waals surface area contributed by atoms with Gasteiger partial charge in [-0.1, -0.05) is 54.6 Å². The van der Waals surface area contributed by atoms with Gasteiger partial charge < -0.3 is 16.4 Å². The Labute approximate surface area is 209 Å². The maximum atomic E-state index is 12.9. The van der Waals surface area contributed by atoms with Gasteiger partial charge in [-0.05, 0) is 83.6 Å². The third kappa shape index (κ3) is 4.81. The fourth-order valence-corrected chi connectivity index (χ4v) is 4.23. The lowest BCUT2D eigenvalue weighted by Crippen LogP contribution is -2.12. The normalized spacial score (nSPS) is 10.7. The van der Waals surface area contributed by atoms with Crippen molar-refractivity contribution in [3.63, 3.8) is 0 Å². The van der Waals surface area contributed by atoms with Crippen LogP contribution in [0.2, 0.25) is 0 Å². The predicted molar refractivity (Wildman–Crippen MR) is 147 cm³/mol. The second kappa shape index (κ2) is 9.76. The molecule has 0 saturated heterocycles. The number of aryl methyl sites for hydroxylation is 1. The second-order valence-corrected chi connectivity index (χ2v) is 8.66. The van der Waals surface area contributed by atoms with E-state index < -0.39 is 0 Å². The molecule has 36 heavy (non-hydrogen) atoms. The van der Waals surface area contributed by atoms with Crippen molar-refractivity contribution in [3.8, 4) is 11.1 Å². The van der Waals surface area contributed by atoms with Crippen LogP contribution in [0.25, 0.3) is 21.9 Å². The van der Waals surface area contributed by atoms with Crippen molar-refractivity contribution in [3.05, 3.63) is 126 Å². The molecule has 0 radical (unpaired) electrons. The van der Waals surface area contributed by atoms with Gasteiger partial charge in [0.1, 0.15) is 0 Å². The Morgan fingerprint density at radius 2 is 1.14 bits per heavy atom. The van der Waals surface area contributed by atoms with E-state index in [4.69, 9.17) is 5.73 Å². The van der Waals surface area contributed by atoms with Crippen LogP contribution in [0.15, 0.2) is 109 Å². The highest BCUT2D eigenvalue weighted by Crippen LogP contribution is 2.28. The molecular weight excluding hydrogens is 446 g/mol. The molecule has 0 aromatic heterocycles. The summed E-state index contributed by atoms with van der Waals surface area (Å²) in [6.07, 6.45) is 0. The highest BCUT2D eigenvalue weighted by molar-refractivity contribution is 6.10. The molecule has 0 fully saturated rings. The highest BCUT2D eigenvalue weighted by atomic mass is 16.2. The SMILES string of the molecule is Cc1cccc2cccc(NC(=O)c3ccc(-c4ccc(NC(=O)c5ccc(N)cc5)cc4)cc3)c12. The van der Waals surface area contributed by atoms with E-state index >= 15 is 0 Å². The number of nitrogen functional groups attached to an aromatic ring is 1. The number of anilines is 3. The van der Waals surface area contributed by atoms with Crippen LogP contribution in [0, 0.1) is 6.92 Å². The van der Waals surface area contributed by atoms with Crippen molar-refractivity contribution in [2.45, 2.75) is 6.92 Å². The average molecular weight is 472 g/mol. The molecule has 0 aliphatic heterocycles. The molecule has 5 heteroatoms. The monoisotopic (exact) mass is 471 g/mol. The van der Waals surface area contributed by atoms with E-state index in [2.05, 4.69) is 10.6 Å². The first-order chi connectivity index (χ1) is 17.5. The largest absolute Gasteiger partial charge is 0.399 e. The van der Waals surface area contributed by atoms with E-state index in [0.29, 0.717) is 22.5 Å². The molecule has 0 bridgehead atoms. The van der Waals surface area contributed by atoms with Gasteiger partial charge in [-0.3, -0.25) is 9.59 Å². The Hall–Kier alpha value is -4.90. The van der Waals surface area contributed by atoms with E-state index in [1.54, 1.807) is 24.3 Å². The van der Waals surface area contributed by atoms with Crippen LogP contribution in [0.1, 0.15) is 26.3 Å². The number of carbonyl (C=O) groups is 2. The fourth-order valence-electron chi connectivity index (χ4n) is 4.23. The van der Waals surface area contributed by atoms with Gasteiger partial charge in [0.2, 0.25) is 0 Å². The van der Waals surface area contributed by atoms with Gasteiger partial charge in [-0.15, -0.1) is 0 Å². The van der Waals surface area contributed by atoms with E-state index in [1.807, 2.05) is 91.9 Å². The summed E-state index contributed by atoms with van der Waals surface area (Å²) in [6.45, 7) is 2.04. The van der Waals surface area contributed by atoms with Gasteiger partial charge in [0.05, 0.1) is 0 Å². The molecule has 0 saturated carbocycles. The third-order valence-electron chi connectivity index (χ3n) is 6.16. The molecule has 5 nitrogen and oxygen atoms in total. The van der Waals surface area contributed by atoms with Gasteiger partial charge in [0.25, 0.3) is 11.8 Å².